The predicted molar refractivity (Wildman–Crippen MR) is 82.8 cm³/mol. The van der Waals surface area contributed by atoms with Crippen LogP contribution in [0.4, 0.5) is 5.69 Å². The first-order chi connectivity index (χ1) is 9.81. The minimum absolute atomic E-state index is 0.656. The van der Waals surface area contributed by atoms with Crippen molar-refractivity contribution < 1.29 is 4.74 Å². The zero-order valence-corrected chi connectivity index (χ0v) is 12.1. The smallest absolute Gasteiger partial charge is 0.224 e. The van der Waals surface area contributed by atoms with Crippen molar-refractivity contribution in [3.05, 3.63) is 24.5 Å². The molecule has 1 heterocycles. The Bertz CT molecular complexity index is 542. The fourth-order valence-corrected chi connectivity index (χ4v) is 2.22. The van der Waals surface area contributed by atoms with Gasteiger partial charge < -0.3 is 10.5 Å². The molecule has 0 aliphatic heterocycles. The summed E-state index contributed by atoms with van der Waals surface area (Å²) in [7, 11) is 0. The van der Waals surface area contributed by atoms with Crippen molar-refractivity contribution in [2.75, 3.05) is 12.3 Å². The Hall–Kier alpha value is -1.84. The Morgan fingerprint density at radius 2 is 1.85 bits per heavy atom. The monoisotopic (exact) mass is 273 g/mol. The van der Waals surface area contributed by atoms with Crippen LogP contribution in [0, 0.1) is 0 Å². The number of benzene rings is 1. The van der Waals surface area contributed by atoms with Gasteiger partial charge in [0.15, 0.2) is 0 Å². The number of hydrogen-bond acceptors (Lipinski definition) is 4. The SMILES string of the molecule is CCCCCCCCOc1ncnc2cc(N)ccc12. The molecular formula is C16H23N3O. The normalized spacial score (nSPS) is 10.8. The van der Waals surface area contributed by atoms with Gasteiger partial charge in [-0.1, -0.05) is 39.0 Å². The van der Waals surface area contributed by atoms with Crippen LogP contribution >= 0.6 is 0 Å². The second kappa shape index (κ2) is 7.68. The zero-order chi connectivity index (χ0) is 14.2. The van der Waals surface area contributed by atoms with Crippen LogP contribution in [0.2, 0.25) is 0 Å². The zero-order valence-electron chi connectivity index (χ0n) is 12.1. The summed E-state index contributed by atoms with van der Waals surface area (Å²) in [5.74, 6) is 0.656. The second-order valence-electron chi connectivity index (χ2n) is 5.07. The van der Waals surface area contributed by atoms with E-state index in [0.717, 1.165) is 17.3 Å². The molecule has 0 saturated heterocycles. The number of fused-ring (bicyclic) bond motifs is 1. The number of aromatic nitrogens is 2. The van der Waals surface area contributed by atoms with E-state index in [0.29, 0.717) is 18.2 Å². The number of rotatable bonds is 8. The number of ether oxygens (including phenoxy) is 1. The molecule has 20 heavy (non-hydrogen) atoms. The highest BCUT2D eigenvalue weighted by atomic mass is 16.5. The maximum atomic E-state index is 5.77. The standard InChI is InChI=1S/C16H23N3O/c1-2-3-4-5-6-7-10-20-16-14-9-8-13(17)11-15(14)18-12-19-16/h8-9,11-12H,2-7,10,17H2,1H3. The Kier molecular flexibility index (Phi) is 5.59. The molecule has 1 aromatic carbocycles. The number of unbranched alkanes of at least 4 members (excludes halogenated alkanes) is 5. The molecule has 0 radical (unpaired) electrons. The van der Waals surface area contributed by atoms with Crippen molar-refractivity contribution in [2.45, 2.75) is 45.4 Å². The van der Waals surface area contributed by atoms with Crippen LogP contribution < -0.4 is 10.5 Å². The summed E-state index contributed by atoms with van der Waals surface area (Å²) in [5, 5.41) is 0.924. The van der Waals surface area contributed by atoms with Crippen LogP contribution in [0.15, 0.2) is 24.5 Å². The average molecular weight is 273 g/mol. The Morgan fingerprint density at radius 1 is 1.05 bits per heavy atom. The molecule has 1 aromatic heterocycles. The van der Waals surface area contributed by atoms with Crippen molar-refractivity contribution in [2.24, 2.45) is 0 Å². The molecule has 0 amide bonds. The van der Waals surface area contributed by atoms with Gasteiger partial charge in [-0.05, 0) is 24.6 Å². The number of nitrogen functional groups attached to an aromatic ring is 1. The highest BCUT2D eigenvalue weighted by Gasteiger charge is 2.04. The van der Waals surface area contributed by atoms with Crippen molar-refractivity contribution in [3.8, 4) is 5.88 Å². The molecule has 0 atom stereocenters. The summed E-state index contributed by atoms with van der Waals surface area (Å²) in [5.41, 5.74) is 7.29. The van der Waals surface area contributed by atoms with E-state index in [1.807, 2.05) is 18.2 Å². The Morgan fingerprint density at radius 3 is 2.70 bits per heavy atom. The van der Waals surface area contributed by atoms with E-state index in [1.165, 1.54) is 38.4 Å². The fraction of sp³-hybridized carbons (Fsp3) is 0.500. The average Bonchev–Trinajstić information content (AvgIpc) is 2.46. The van der Waals surface area contributed by atoms with Gasteiger partial charge in [0.2, 0.25) is 5.88 Å². The summed E-state index contributed by atoms with van der Waals surface area (Å²) in [6, 6.07) is 5.61. The lowest BCUT2D eigenvalue weighted by molar-refractivity contribution is 0.296. The molecule has 0 saturated carbocycles. The van der Waals surface area contributed by atoms with Crippen LogP contribution in [0.1, 0.15) is 45.4 Å². The first-order valence-corrected chi connectivity index (χ1v) is 7.44. The molecular weight excluding hydrogens is 250 g/mol. The van der Waals surface area contributed by atoms with E-state index in [2.05, 4.69) is 16.9 Å². The number of hydrogen-bond donors (Lipinski definition) is 1. The van der Waals surface area contributed by atoms with Gasteiger partial charge in [-0.2, -0.15) is 0 Å². The first kappa shape index (κ1) is 14.6. The molecule has 108 valence electrons. The minimum Gasteiger partial charge on any atom is -0.477 e. The molecule has 0 fully saturated rings. The summed E-state index contributed by atoms with van der Waals surface area (Å²) in [6.07, 6.45) is 9.05. The second-order valence-corrected chi connectivity index (χ2v) is 5.07. The number of nitrogens with two attached hydrogens (primary N) is 1. The maximum absolute atomic E-state index is 5.77. The van der Waals surface area contributed by atoms with Crippen molar-refractivity contribution in [3.63, 3.8) is 0 Å². The van der Waals surface area contributed by atoms with Crippen LogP contribution in [-0.4, -0.2) is 16.6 Å². The quantitative estimate of drug-likeness (QED) is 0.584. The van der Waals surface area contributed by atoms with Gasteiger partial charge in [-0.25, -0.2) is 9.97 Å². The predicted octanol–water partition coefficient (Wildman–Crippen LogP) is 3.95. The fourth-order valence-electron chi connectivity index (χ4n) is 2.22. The molecule has 0 aliphatic rings. The Balaban J connectivity index is 1.84. The van der Waals surface area contributed by atoms with Gasteiger partial charge in [-0.3, -0.25) is 0 Å². The summed E-state index contributed by atoms with van der Waals surface area (Å²) in [4.78, 5) is 8.42. The Labute approximate surface area is 120 Å². The highest BCUT2D eigenvalue weighted by molar-refractivity contribution is 5.85. The lowest BCUT2D eigenvalue weighted by atomic mass is 10.1. The summed E-state index contributed by atoms with van der Waals surface area (Å²) in [6.45, 7) is 2.94. The topological polar surface area (TPSA) is 61.0 Å². The van der Waals surface area contributed by atoms with E-state index in [-0.39, 0.29) is 0 Å². The third kappa shape index (κ3) is 4.08. The van der Waals surface area contributed by atoms with Gasteiger partial charge in [0.05, 0.1) is 17.5 Å². The molecule has 0 aliphatic carbocycles. The third-order valence-corrected chi connectivity index (χ3v) is 3.36. The highest BCUT2D eigenvalue weighted by Crippen LogP contribution is 2.23. The van der Waals surface area contributed by atoms with E-state index >= 15 is 0 Å². The van der Waals surface area contributed by atoms with Crippen LogP contribution in [0.25, 0.3) is 10.9 Å². The van der Waals surface area contributed by atoms with E-state index in [9.17, 15) is 0 Å². The minimum atomic E-state index is 0.656. The van der Waals surface area contributed by atoms with Crippen molar-refractivity contribution in [1.82, 2.24) is 9.97 Å². The van der Waals surface area contributed by atoms with Gasteiger partial charge in [-0.15, -0.1) is 0 Å². The molecule has 4 heteroatoms. The van der Waals surface area contributed by atoms with Crippen LogP contribution in [0.5, 0.6) is 5.88 Å². The van der Waals surface area contributed by atoms with E-state index in [4.69, 9.17) is 10.5 Å². The van der Waals surface area contributed by atoms with E-state index < -0.39 is 0 Å². The van der Waals surface area contributed by atoms with Gasteiger partial charge in [0.25, 0.3) is 0 Å². The number of anilines is 1. The maximum Gasteiger partial charge on any atom is 0.224 e. The van der Waals surface area contributed by atoms with Crippen molar-refractivity contribution in [1.29, 1.82) is 0 Å². The molecule has 0 unspecified atom stereocenters. The van der Waals surface area contributed by atoms with Crippen LogP contribution in [-0.2, 0) is 0 Å². The molecule has 2 aromatic rings. The molecule has 0 bridgehead atoms. The summed E-state index contributed by atoms with van der Waals surface area (Å²) < 4.78 is 5.77. The van der Waals surface area contributed by atoms with E-state index in [1.54, 1.807) is 0 Å². The first-order valence-electron chi connectivity index (χ1n) is 7.44. The molecule has 4 nitrogen and oxygen atoms in total. The lowest BCUT2D eigenvalue weighted by Gasteiger charge is -2.08. The van der Waals surface area contributed by atoms with Crippen molar-refractivity contribution >= 4 is 16.6 Å². The molecule has 2 N–H and O–H groups in total. The van der Waals surface area contributed by atoms with Gasteiger partial charge in [0.1, 0.15) is 6.33 Å². The van der Waals surface area contributed by atoms with Gasteiger partial charge in [0, 0.05) is 5.69 Å². The lowest BCUT2D eigenvalue weighted by Crippen LogP contribution is -2.00. The largest absolute Gasteiger partial charge is 0.477 e. The third-order valence-electron chi connectivity index (χ3n) is 3.36. The van der Waals surface area contributed by atoms with Crippen LogP contribution in [0.3, 0.4) is 0 Å². The summed E-state index contributed by atoms with van der Waals surface area (Å²) >= 11 is 0. The molecule has 2 rings (SSSR count). The number of nitrogens with zero attached hydrogens (tertiary/aromatic N) is 2. The van der Waals surface area contributed by atoms with Gasteiger partial charge >= 0.3 is 0 Å². The molecule has 0 spiro atoms.